The molecule has 4 nitrogen and oxygen atoms in total. The summed E-state index contributed by atoms with van der Waals surface area (Å²) >= 11 is 1.88. The van der Waals surface area contributed by atoms with Crippen molar-refractivity contribution in [2.45, 2.75) is 24.7 Å². The van der Waals surface area contributed by atoms with Gasteiger partial charge in [0.1, 0.15) is 6.10 Å². The predicted molar refractivity (Wildman–Crippen MR) is 82.4 cm³/mol. The molecule has 20 heavy (non-hydrogen) atoms. The van der Waals surface area contributed by atoms with Crippen molar-refractivity contribution in [1.29, 1.82) is 0 Å². The first kappa shape index (κ1) is 15.8. The van der Waals surface area contributed by atoms with Crippen LogP contribution in [0.3, 0.4) is 0 Å². The predicted octanol–water partition coefficient (Wildman–Crippen LogP) is 3.04. The Morgan fingerprint density at radius 2 is 2.20 bits per heavy atom. The molecule has 1 heterocycles. The third kappa shape index (κ3) is 4.75. The van der Waals surface area contributed by atoms with Crippen molar-refractivity contribution in [1.82, 2.24) is 0 Å². The maximum absolute atomic E-state index is 11.1. The molecule has 112 valence electrons. The second kappa shape index (κ2) is 6.91. The maximum atomic E-state index is 11.1. The van der Waals surface area contributed by atoms with E-state index >= 15 is 0 Å². The molecule has 0 N–H and O–H groups in total. The number of halogens is 1. The summed E-state index contributed by atoms with van der Waals surface area (Å²) in [7, 11) is 3.22. The Kier molecular flexibility index (Phi) is 5.46. The van der Waals surface area contributed by atoms with Crippen molar-refractivity contribution in [2.75, 3.05) is 18.6 Å². The number of rotatable bonds is 5. The largest absolute Gasteiger partial charge is 0.493 e. The number of benzene rings is 1. The lowest BCUT2D eigenvalue weighted by Crippen LogP contribution is -2.23. The standard InChI is InChI=1S/C13H17ClO4S2/c1-17-13-7-10(9-20(14,15)16)4-5-12(13)18-11-3-2-6-19-8-11/h4-5,7,11H,2-3,6,8-9H2,1H3. The zero-order valence-corrected chi connectivity index (χ0v) is 13.6. The van der Waals surface area contributed by atoms with E-state index in [-0.39, 0.29) is 11.9 Å². The van der Waals surface area contributed by atoms with Gasteiger partial charge in [-0.25, -0.2) is 8.42 Å². The van der Waals surface area contributed by atoms with Crippen LogP contribution in [0.5, 0.6) is 11.5 Å². The van der Waals surface area contributed by atoms with Gasteiger partial charge in [0.2, 0.25) is 9.05 Å². The van der Waals surface area contributed by atoms with Crippen LogP contribution in [-0.4, -0.2) is 33.1 Å². The Morgan fingerprint density at radius 3 is 2.80 bits per heavy atom. The van der Waals surface area contributed by atoms with Crippen LogP contribution >= 0.6 is 22.4 Å². The highest BCUT2D eigenvalue weighted by molar-refractivity contribution is 8.13. The van der Waals surface area contributed by atoms with Gasteiger partial charge in [-0.1, -0.05) is 6.07 Å². The van der Waals surface area contributed by atoms with Gasteiger partial charge in [-0.15, -0.1) is 0 Å². The van der Waals surface area contributed by atoms with Gasteiger partial charge in [-0.05, 0) is 36.3 Å². The van der Waals surface area contributed by atoms with Crippen LogP contribution in [0.4, 0.5) is 0 Å². The Hall–Kier alpha value is -0.590. The molecule has 1 unspecified atom stereocenters. The monoisotopic (exact) mass is 336 g/mol. The first-order chi connectivity index (χ1) is 9.48. The van der Waals surface area contributed by atoms with Gasteiger partial charge in [-0.2, -0.15) is 11.8 Å². The Morgan fingerprint density at radius 1 is 1.40 bits per heavy atom. The van der Waals surface area contributed by atoms with Crippen molar-refractivity contribution in [3.8, 4) is 11.5 Å². The maximum Gasteiger partial charge on any atom is 0.236 e. The van der Waals surface area contributed by atoms with E-state index < -0.39 is 9.05 Å². The van der Waals surface area contributed by atoms with Gasteiger partial charge in [0, 0.05) is 16.4 Å². The third-order valence-electron chi connectivity index (χ3n) is 2.98. The zero-order valence-electron chi connectivity index (χ0n) is 11.2. The molecule has 1 aliphatic rings. The highest BCUT2D eigenvalue weighted by Crippen LogP contribution is 2.32. The topological polar surface area (TPSA) is 52.6 Å². The van der Waals surface area contributed by atoms with Crippen molar-refractivity contribution >= 4 is 31.5 Å². The van der Waals surface area contributed by atoms with E-state index in [1.165, 1.54) is 12.9 Å². The molecular formula is C13H17ClO4S2. The molecule has 0 saturated carbocycles. The minimum Gasteiger partial charge on any atom is -0.493 e. The molecule has 1 aromatic rings. The lowest BCUT2D eigenvalue weighted by Gasteiger charge is -2.23. The van der Waals surface area contributed by atoms with Gasteiger partial charge in [0.15, 0.2) is 11.5 Å². The number of thioether (sulfide) groups is 1. The average Bonchev–Trinajstić information content (AvgIpc) is 2.40. The minimum atomic E-state index is -3.57. The average molecular weight is 337 g/mol. The van der Waals surface area contributed by atoms with Gasteiger partial charge in [0.25, 0.3) is 0 Å². The fourth-order valence-corrected chi connectivity index (χ4v) is 4.07. The van der Waals surface area contributed by atoms with Gasteiger partial charge < -0.3 is 9.47 Å². The van der Waals surface area contributed by atoms with E-state index in [1.54, 1.807) is 18.2 Å². The Bertz CT molecular complexity index is 553. The van der Waals surface area contributed by atoms with Gasteiger partial charge in [-0.3, -0.25) is 0 Å². The highest BCUT2D eigenvalue weighted by atomic mass is 35.7. The van der Waals surface area contributed by atoms with Crippen molar-refractivity contribution in [3.63, 3.8) is 0 Å². The fraction of sp³-hybridized carbons (Fsp3) is 0.538. The van der Waals surface area contributed by atoms with E-state index in [9.17, 15) is 8.42 Å². The van der Waals surface area contributed by atoms with Crippen LogP contribution in [0.1, 0.15) is 18.4 Å². The van der Waals surface area contributed by atoms with Crippen LogP contribution in [0.15, 0.2) is 18.2 Å². The van der Waals surface area contributed by atoms with Crippen LogP contribution < -0.4 is 9.47 Å². The van der Waals surface area contributed by atoms with Crippen molar-refractivity contribution < 1.29 is 17.9 Å². The SMILES string of the molecule is COc1cc(CS(=O)(=O)Cl)ccc1OC1CCCSC1. The molecule has 1 atom stereocenters. The quantitative estimate of drug-likeness (QED) is 0.773. The second-order valence-corrected chi connectivity index (χ2v) is 8.55. The second-order valence-electron chi connectivity index (χ2n) is 4.63. The normalized spacial score (nSPS) is 19.6. The number of hydrogen-bond donors (Lipinski definition) is 0. The molecular weight excluding hydrogens is 320 g/mol. The smallest absolute Gasteiger partial charge is 0.236 e. The highest BCUT2D eigenvalue weighted by Gasteiger charge is 2.18. The Balaban J connectivity index is 2.12. The van der Waals surface area contributed by atoms with Crippen LogP contribution in [-0.2, 0) is 14.8 Å². The molecule has 1 saturated heterocycles. The molecule has 0 bridgehead atoms. The van der Waals surface area contributed by atoms with E-state index in [0.29, 0.717) is 17.1 Å². The van der Waals surface area contributed by atoms with Crippen molar-refractivity contribution in [2.24, 2.45) is 0 Å². The summed E-state index contributed by atoms with van der Waals surface area (Å²) < 4.78 is 33.4. The van der Waals surface area contributed by atoms with Gasteiger partial charge >= 0.3 is 0 Å². The molecule has 7 heteroatoms. The number of methoxy groups -OCH3 is 1. The first-order valence-corrected chi connectivity index (χ1v) is 9.95. The lowest BCUT2D eigenvalue weighted by molar-refractivity contribution is 0.202. The number of hydrogen-bond acceptors (Lipinski definition) is 5. The van der Waals surface area contributed by atoms with Crippen molar-refractivity contribution in [3.05, 3.63) is 23.8 Å². The molecule has 1 fully saturated rings. The summed E-state index contributed by atoms with van der Waals surface area (Å²) in [6.45, 7) is 0. The Labute approximate surface area is 128 Å². The molecule has 0 aliphatic carbocycles. The lowest BCUT2D eigenvalue weighted by atomic mass is 10.2. The summed E-state index contributed by atoms with van der Waals surface area (Å²) in [4.78, 5) is 0. The minimum absolute atomic E-state index is 0.185. The summed E-state index contributed by atoms with van der Waals surface area (Å²) in [6.07, 6.45) is 2.37. The third-order valence-corrected chi connectivity index (χ3v) is 5.17. The van der Waals surface area contributed by atoms with Gasteiger partial charge in [0.05, 0.1) is 12.9 Å². The molecule has 0 spiro atoms. The number of ether oxygens (including phenoxy) is 2. The van der Waals surface area contributed by atoms with E-state index in [2.05, 4.69) is 0 Å². The van der Waals surface area contributed by atoms with E-state index in [4.69, 9.17) is 20.2 Å². The zero-order chi connectivity index (χ0) is 14.6. The molecule has 0 radical (unpaired) electrons. The molecule has 0 aromatic heterocycles. The van der Waals surface area contributed by atoms with E-state index in [0.717, 1.165) is 18.6 Å². The molecule has 2 rings (SSSR count). The summed E-state index contributed by atoms with van der Waals surface area (Å²) in [6, 6.07) is 5.11. The fourth-order valence-electron chi connectivity index (χ4n) is 2.08. The first-order valence-electron chi connectivity index (χ1n) is 6.31. The summed E-state index contributed by atoms with van der Waals surface area (Å²) in [5, 5.41) is 0. The molecule has 1 aliphatic heterocycles. The van der Waals surface area contributed by atoms with Crippen LogP contribution in [0.25, 0.3) is 0 Å². The van der Waals surface area contributed by atoms with Crippen LogP contribution in [0.2, 0.25) is 0 Å². The molecule has 1 aromatic carbocycles. The van der Waals surface area contributed by atoms with Crippen LogP contribution in [0, 0.1) is 0 Å². The molecule has 0 amide bonds. The summed E-state index contributed by atoms with van der Waals surface area (Å²) in [5.74, 6) is 3.13. The van der Waals surface area contributed by atoms with E-state index in [1.807, 2.05) is 11.8 Å². The summed E-state index contributed by atoms with van der Waals surface area (Å²) in [5.41, 5.74) is 0.585.